The number of hydrogen-bond acceptors (Lipinski definition) is 2. The number of nitrogens with two attached hydrogens (primary N) is 1. The first kappa shape index (κ1) is 11.5. The third-order valence-corrected chi connectivity index (χ3v) is 3.53. The smallest absolute Gasteiger partial charge is 0.144 e. The van der Waals surface area contributed by atoms with Crippen molar-refractivity contribution in [1.29, 1.82) is 0 Å². The highest BCUT2D eigenvalue weighted by molar-refractivity contribution is 6.31. The molecule has 2 rings (SSSR count). The number of nitrogen functional groups attached to an aromatic ring is 1. The Morgan fingerprint density at radius 1 is 1.50 bits per heavy atom. The van der Waals surface area contributed by atoms with Crippen LogP contribution in [0, 0.1) is 11.7 Å². The highest BCUT2D eigenvalue weighted by atomic mass is 35.5. The summed E-state index contributed by atoms with van der Waals surface area (Å²) in [6.45, 7) is 0.936. The van der Waals surface area contributed by atoms with Crippen molar-refractivity contribution in [3.8, 4) is 0 Å². The molecule has 0 heterocycles. The van der Waals surface area contributed by atoms with E-state index in [1.807, 2.05) is 11.9 Å². The summed E-state index contributed by atoms with van der Waals surface area (Å²) < 4.78 is 13.3. The molecule has 0 amide bonds. The molecule has 0 atom stereocenters. The standard InChI is InChI=1S/C12H16ClFN2/c1-16(7-8-3-2-4-8)12-6-10(14)9(13)5-11(12)15/h5-6,8H,2-4,7,15H2,1H3. The van der Waals surface area contributed by atoms with Crippen molar-refractivity contribution in [2.75, 3.05) is 24.2 Å². The van der Waals surface area contributed by atoms with E-state index in [2.05, 4.69) is 0 Å². The maximum absolute atomic E-state index is 13.3. The molecule has 1 aliphatic rings. The molecule has 0 unspecified atom stereocenters. The van der Waals surface area contributed by atoms with Crippen LogP contribution in [0.5, 0.6) is 0 Å². The van der Waals surface area contributed by atoms with E-state index in [9.17, 15) is 4.39 Å². The largest absolute Gasteiger partial charge is 0.397 e. The van der Waals surface area contributed by atoms with Gasteiger partial charge in [-0.05, 0) is 24.8 Å². The zero-order valence-electron chi connectivity index (χ0n) is 9.34. The van der Waals surface area contributed by atoms with Crippen LogP contribution < -0.4 is 10.6 Å². The monoisotopic (exact) mass is 242 g/mol. The zero-order chi connectivity index (χ0) is 11.7. The molecule has 4 heteroatoms. The van der Waals surface area contributed by atoms with Crippen LogP contribution in [0.3, 0.4) is 0 Å². The molecule has 1 aliphatic carbocycles. The van der Waals surface area contributed by atoms with E-state index in [4.69, 9.17) is 17.3 Å². The second kappa shape index (κ2) is 4.50. The molecule has 1 fully saturated rings. The number of anilines is 2. The van der Waals surface area contributed by atoms with Crippen LogP contribution >= 0.6 is 11.6 Å². The second-order valence-corrected chi connectivity index (χ2v) is 4.91. The molecule has 1 aromatic carbocycles. The molecule has 16 heavy (non-hydrogen) atoms. The summed E-state index contributed by atoms with van der Waals surface area (Å²) in [7, 11) is 1.94. The van der Waals surface area contributed by atoms with Crippen molar-refractivity contribution in [2.45, 2.75) is 19.3 Å². The number of halogens is 2. The van der Waals surface area contributed by atoms with Crippen molar-refractivity contribution in [3.05, 3.63) is 23.0 Å². The summed E-state index contributed by atoms with van der Waals surface area (Å²) >= 11 is 5.66. The van der Waals surface area contributed by atoms with Gasteiger partial charge in [0.05, 0.1) is 16.4 Å². The molecule has 1 aromatic rings. The normalized spacial score (nSPS) is 15.9. The Morgan fingerprint density at radius 2 is 2.19 bits per heavy atom. The van der Waals surface area contributed by atoms with E-state index in [1.165, 1.54) is 31.4 Å². The molecule has 0 saturated heterocycles. The van der Waals surface area contributed by atoms with Crippen LogP contribution in [0.15, 0.2) is 12.1 Å². The van der Waals surface area contributed by atoms with Gasteiger partial charge >= 0.3 is 0 Å². The van der Waals surface area contributed by atoms with Crippen molar-refractivity contribution in [3.63, 3.8) is 0 Å². The Bertz CT molecular complexity index is 391. The minimum Gasteiger partial charge on any atom is -0.397 e. The minimum atomic E-state index is -0.411. The van der Waals surface area contributed by atoms with Crippen molar-refractivity contribution in [1.82, 2.24) is 0 Å². The van der Waals surface area contributed by atoms with Crippen molar-refractivity contribution < 1.29 is 4.39 Å². The average molecular weight is 243 g/mol. The highest BCUT2D eigenvalue weighted by Crippen LogP contribution is 2.32. The lowest BCUT2D eigenvalue weighted by Crippen LogP contribution is -2.29. The fourth-order valence-corrected chi connectivity index (χ4v) is 2.22. The van der Waals surface area contributed by atoms with Gasteiger partial charge in [0.25, 0.3) is 0 Å². The number of rotatable bonds is 3. The van der Waals surface area contributed by atoms with E-state index in [1.54, 1.807) is 0 Å². The summed E-state index contributed by atoms with van der Waals surface area (Å²) in [6, 6.07) is 2.89. The molecule has 2 nitrogen and oxygen atoms in total. The maximum atomic E-state index is 13.3. The second-order valence-electron chi connectivity index (χ2n) is 4.50. The number of nitrogens with zero attached hydrogens (tertiary/aromatic N) is 1. The summed E-state index contributed by atoms with van der Waals surface area (Å²) in [4.78, 5) is 2.01. The van der Waals surface area contributed by atoms with Gasteiger partial charge in [-0.2, -0.15) is 0 Å². The first-order valence-corrected chi connectivity index (χ1v) is 5.91. The van der Waals surface area contributed by atoms with E-state index in [0.717, 1.165) is 18.2 Å². The highest BCUT2D eigenvalue weighted by Gasteiger charge is 2.20. The Kier molecular flexibility index (Phi) is 3.24. The molecular formula is C12H16ClFN2. The Balaban J connectivity index is 2.14. The predicted molar refractivity (Wildman–Crippen MR) is 66.4 cm³/mol. The lowest BCUT2D eigenvalue weighted by Gasteiger charge is -2.31. The van der Waals surface area contributed by atoms with Crippen LogP contribution in [-0.2, 0) is 0 Å². The molecule has 2 N–H and O–H groups in total. The number of benzene rings is 1. The molecule has 0 radical (unpaired) electrons. The third kappa shape index (κ3) is 2.24. The molecule has 1 saturated carbocycles. The molecule has 0 spiro atoms. The van der Waals surface area contributed by atoms with Crippen LogP contribution in [-0.4, -0.2) is 13.6 Å². The van der Waals surface area contributed by atoms with Crippen LogP contribution in [0.4, 0.5) is 15.8 Å². The Labute approximate surface area is 100 Å². The Hall–Kier alpha value is -0.960. The predicted octanol–water partition coefficient (Wildman–Crippen LogP) is 3.30. The third-order valence-electron chi connectivity index (χ3n) is 3.24. The van der Waals surface area contributed by atoms with Crippen LogP contribution in [0.1, 0.15) is 19.3 Å². The molecule has 88 valence electrons. The van der Waals surface area contributed by atoms with E-state index in [-0.39, 0.29) is 5.02 Å². The molecule has 0 aliphatic heterocycles. The van der Waals surface area contributed by atoms with Gasteiger partial charge in [-0.15, -0.1) is 0 Å². The van der Waals surface area contributed by atoms with Crippen molar-refractivity contribution >= 4 is 23.0 Å². The van der Waals surface area contributed by atoms with Gasteiger partial charge in [0.2, 0.25) is 0 Å². The molecule has 0 aromatic heterocycles. The molecular weight excluding hydrogens is 227 g/mol. The fourth-order valence-electron chi connectivity index (χ4n) is 2.04. The summed E-state index contributed by atoms with van der Waals surface area (Å²) in [5, 5.41) is 0.0818. The Morgan fingerprint density at radius 3 is 2.75 bits per heavy atom. The van der Waals surface area contributed by atoms with Gasteiger partial charge in [0.15, 0.2) is 0 Å². The lowest BCUT2D eigenvalue weighted by atomic mass is 9.85. The maximum Gasteiger partial charge on any atom is 0.144 e. The average Bonchev–Trinajstić information content (AvgIpc) is 2.17. The summed E-state index contributed by atoms with van der Waals surface area (Å²) in [5.41, 5.74) is 7.10. The summed E-state index contributed by atoms with van der Waals surface area (Å²) in [5.74, 6) is 0.314. The van der Waals surface area contributed by atoms with E-state index >= 15 is 0 Å². The van der Waals surface area contributed by atoms with Gasteiger partial charge in [-0.25, -0.2) is 4.39 Å². The van der Waals surface area contributed by atoms with Crippen LogP contribution in [0.2, 0.25) is 5.02 Å². The quantitative estimate of drug-likeness (QED) is 0.825. The first-order chi connectivity index (χ1) is 7.58. The van der Waals surface area contributed by atoms with Gasteiger partial charge in [-0.3, -0.25) is 0 Å². The summed E-state index contributed by atoms with van der Waals surface area (Å²) in [6.07, 6.45) is 3.84. The van der Waals surface area contributed by atoms with E-state index < -0.39 is 5.82 Å². The van der Waals surface area contributed by atoms with Gasteiger partial charge in [0, 0.05) is 19.7 Å². The van der Waals surface area contributed by atoms with Gasteiger partial charge in [0.1, 0.15) is 5.82 Å². The van der Waals surface area contributed by atoms with Crippen molar-refractivity contribution in [2.24, 2.45) is 5.92 Å². The van der Waals surface area contributed by atoms with Crippen LogP contribution in [0.25, 0.3) is 0 Å². The lowest BCUT2D eigenvalue weighted by molar-refractivity contribution is 0.321. The zero-order valence-corrected chi connectivity index (χ0v) is 10.1. The topological polar surface area (TPSA) is 29.3 Å². The molecule has 0 bridgehead atoms. The van der Waals surface area contributed by atoms with Gasteiger partial charge in [-0.1, -0.05) is 18.0 Å². The van der Waals surface area contributed by atoms with E-state index in [0.29, 0.717) is 5.69 Å². The number of hydrogen-bond donors (Lipinski definition) is 1. The fraction of sp³-hybridized carbons (Fsp3) is 0.500. The minimum absolute atomic E-state index is 0.0818. The first-order valence-electron chi connectivity index (χ1n) is 5.53. The van der Waals surface area contributed by atoms with Gasteiger partial charge < -0.3 is 10.6 Å². The SMILES string of the molecule is CN(CC1CCC1)c1cc(F)c(Cl)cc1N.